The highest BCUT2D eigenvalue weighted by atomic mass is 19.4. The Balaban J connectivity index is 1.96. The van der Waals surface area contributed by atoms with Crippen LogP contribution in [0.25, 0.3) is 0 Å². The average Bonchev–Trinajstić information content (AvgIpc) is 2.46. The van der Waals surface area contributed by atoms with Crippen molar-refractivity contribution in [2.24, 2.45) is 0 Å². The van der Waals surface area contributed by atoms with E-state index in [2.05, 4.69) is 5.32 Å². The number of hydrogen-bond donors (Lipinski definition) is 1. The van der Waals surface area contributed by atoms with Crippen LogP contribution in [0.15, 0.2) is 45.8 Å². The van der Waals surface area contributed by atoms with Gasteiger partial charge in [0.2, 0.25) is 11.2 Å². The number of aryl methyl sites for hydroxylation is 1. The molecule has 8 heteroatoms. The van der Waals surface area contributed by atoms with Gasteiger partial charge in [0.05, 0.1) is 11.8 Å². The number of hydrogen-bond acceptors (Lipinski definition) is 4. The minimum Gasteiger partial charge on any atom is -0.476 e. The normalized spacial score (nSPS) is 11.1. The second kappa shape index (κ2) is 6.55. The van der Waals surface area contributed by atoms with Crippen LogP contribution in [0.1, 0.15) is 11.3 Å². The predicted molar refractivity (Wildman–Crippen MR) is 75.3 cm³/mol. The molecule has 122 valence electrons. The van der Waals surface area contributed by atoms with Crippen LogP contribution >= 0.6 is 0 Å². The van der Waals surface area contributed by atoms with Gasteiger partial charge in [-0.3, -0.25) is 9.59 Å². The summed E-state index contributed by atoms with van der Waals surface area (Å²) >= 11 is 0. The number of benzene rings is 1. The topological polar surface area (TPSA) is 68.5 Å². The zero-order valence-electron chi connectivity index (χ0n) is 11.9. The zero-order chi connectivity index (χ0) is 17.0. The van der Waals surface area contributed by atoms with Crippen LogP contribution in [0.2, 0.25) is 0 Å². The molecule has 0 bridgehead atoms. The van der Waals surface area contributed by atoms with Gasteiger partial charge in [0, 0.05) is 11.8 Å². The molecule has 0 saturated carbocycles. The van der Waals surface area contributed by atoms with E-state index in [1.165, 1.54) is 13.2 Å². The first kappa shape index (κ1) is 16.6. The smallest absolute Gasteiger partial charge is 0.416 e. The monoisotopic (exact) mass is 327 g/mol. The lowest BCUT2D eigenvalue weighted by molar-refractivity contribution is -0.137. The molecule has 1 aromatic carbocycles. The lowest BCUT2D eigenvalue weighted by Crippen LogP contribution is -2.22. The molecule has 0 spiro atoms. The number of carbonyl (C=O) groups excluding carboxylic acids is 1. The van der Waals surface area contributed by atoms with Crippen LogP contribution in [0.5, 0.6) is 5.75 Å². The highest BCUT2D eigenvalue weighted by Gasteiger charge is 2.29. The maximum absolute atomic E-state index is 12.4. The molecule has 0 aliphatic rings. The van der Waals surface area contributed by atoms with Gasteiger partial charge in [-0.05, 0) is 31.2 Å². The predicted octanol–water partition coefficient (Wildman–Crippen LogP) is 2.98. The van der Waals surface area contributed by atoms with Gasteiger partial charge in [-0.2, -0.15) is 13.2 Å². The summed E-state index contributed by atoms with van der Waals surface area (Å²) in [5, 5.41) is 2.37. The average molecular weight is 327 g/mol. The van der Waals surface area contributed by atoms with Crippen LogP contribution in [0, 0.1) is 6.92 Å². The second-order valence-corrected chi connectivity index (χ2v) is 4.58. The van der Waals surface area contributed by atoms with Crippen molar-refractivity contribution >= 4 is 11.6 Å². The summed E-state index contributed by atoms with van der Waals surface area (Å²) in [4.78, 5) is 23.2. The van der Waals surface area contributed by atoms with E-state index in [1.54, 1.807) is 0 Å². The molecular formula is C15H12F3NO4. The summed E-state index contributed by atoms with van der Waals surface area (Å²) in [7, 11) is 0. The van der Waals surface area contributed by atoms with Crippen molar-refractivity contribution < 1.29 is 27.1 Å². The molecule has 0 aliphatic carbocycles. The van der Waals surface area contributed by atoms with Gasteiger partial charge in [0.1, 0.15) is 5.76 Å². The molecule has 1 amide bonds. The summed E-state index contributed by atoms with van der Waals surface area (Å²) in [6, 6.07) is 5.11. The van der Waals surface area contributed by atoms with Gasteiger partial charge in [0.15, 0.2) is 6.61 Å². The molecule has 1 aromatic heterocycles. The SMILES string of the molecule is Cc1occc(=O)c1OCC(=O)Nc1ccc(C(F)(F)F)cc1. The number of halogens is 3. The third kappa shape index (κ3) is 4.35. The first-order chi connectivity index (χ1) is 10.8. The third-order valence-corrected chi connectivity index (χ3v) is 2.85. The van der Waals surface area contributed by atoms with Crippen molar-refractivity contribution in [3.8, 4) is 5.75 Å². The molecule has 1 N–H and O–H groups in total. The lowest BCUT2D eigenvalue weighted by atomic mass is 10.2. The molecule has 0 saturated heterocycles. The molecule has 1 heterocycles. The van der Waals surface area contributed by atoms with Crippen molar-refractivity contribution in [3.63, 3.8) is 0 Å². The Kier molecular flexibility index (Phi) is 4.73. The fourth-order valence-corrected chi connectivity index (χ4v) is 1.75. The van der Waals surface area contributed by atoms with E-state index in [-0.39, 0.29) is 17.2 Å². The van der Waals surface area contributed by atoms with Crippen LogP contribution < -0.4 is 15.5 Å². The Labute approximate surface area is 128 Å². The van der Waals surface area contributed by atoms with Crippen LogP contribution in [-0.4, -0.2) is 12.5 Å². The molecule has 2 rings (SSSR count). The number of amides is 1. The first-order valence-electron chi connectivity index (χ1n) is 6.45. The van der Waals surface area contributed by atoms with Gasteiger partial charge in [-0.15, -0.1) is 0 Å². The number of ether oxygens (including phenoxy) is 1. The Morgan fingerprint density at radius 1 is 1.22 bits per heavy atom. The van der Waals surface area contributed by atoms with Gasteiger partial charge >= 0.3 is 6.18 Å². The van der Waals surface area contributed by atoms with Crippen molar-refractivity contribution in [1.29, 1.82) is 0 Å². The molecule has 5 nitrogen and oxygen atoms in total. The largest absolute Gasteiger partial charge is 0.476 e. The summed E-state index contributed by atoms with van der Waals surface area (Å²) in [6.45, 7) is 1.03. The van der Waals surface area contributed by atoms with Gasteiger partial charge in [-0.1, -0.05) is 0 Å². The highest BCUT2D eigenvalue weighted by molar-refractivity contribution is 5.91. The molecule has 0 radical (unpaired) electrons. The minimum atomic E-state index is -4.44. The molecule has 0 unspecified atom stereocenters. The van der Waals surface area contributed by atoms with Crippen molar-refractivity contribution in [2.75, 3.05) is 11.9 Å². The summed E-state index contributed by atoms with van der Waals surface area (Å²) in [5.74, 6) is -0.484. The highest BCUT2D eigenvalue weighted by Crippen LogP contribution is 2.29. The van der Waals surface area contributed by atoms with Crippen molar-refractivity contribution in [1.82, 2.24) is 0 Å². The number of alkyl halides is 3. The first-order valence-corrected chi connectivity index (χ1v) is 6.45. The lowest BCUT2D eigenvalue weighted by Gasteiger charge is -2.10. The van der Waals surface area contributed by atoms with Crippen LogP contribution in [0.3, 0.4) is 0 Å². The maximum Gasteiger partial charge on any atom is 0.416 e. The van der Waals surface area contributed by atoms with E-state index in [0.717, 1.165) is 30.3 Å². The fraction of sp³-hybridized carbons (Fsp3) is 0.200. The van der Waals surface area contributed by atoms with E-state index in [9.17, 15) is 22.8 Å². The second-order valence-electron chi connectivity index (χ2n) is 4.58. The van der Waals surface area contributed by atoms with E-state index < -0.39 is 29.7 Å². The molecule has 2 aromatic rings. The Hall–Kier alpha value is -2.77. The molecule has 0 aliphatic heterocycles. The van der Waals surface area contributed by atoms with Crippen molar-refractivity contribution in [2.45, 2.75) is 13.1 Å². The van der Waals surface area contributed by atoms with E-state index in [1.807, 2.05) is 0 Å². The maximum atomic E-state index is 12.4. The Morgan fingerprint density at radius 3 is 2.43 bits per heavy atom. The van der Waals surface area contributed by atoms with Gasteiger partial charge in [0.25, 0.3) is 5.91 Å². The molecule has 23 heavy (non-hydrogen) atoms. The fourth-order valence-electron chi connectivity index (χ4n) is 1.75. The van der Waals surface area contributed by atoms with E-state index >= 15 is 0 Å². The summed E-state index contributed by atoms with van der Waals surface area (Å²) < 4.78 is 47.3. The third-order valence-electron chi connectivity index (χ3n) is 2.85. The Morgan fingerprint density at radius 2 is 1.87 bits per heavy atom. The van der Waals surface area contributed by atoms with Crippen LogP contribution in [-0.2, 0) is 11.0 Å². The summed E-state index contributed by atoms with van der Waals surface area (Å²) in [5.41, 5.74) is -1.07. The standard InChI is InChI=1S/C15H12F3NO4/c1-9-14(12(20)6-7-22-9)23-8-13(21)19-11-4-2-10(3-5-11)15(16,17)18/h2-7H,8H2,1H3,(H,19,21). The van der Waals surface area contributed by atoms with Gasteiger partial charge in [-0.25, -0.2) is 0 Å². The van der Waals surface area contributed by atoms with E-state index in [0.29, 0.717) is 0 Å². The Bertz CT molecular complexity index is 751. The number of nitrogens with one attached hydrogen (secondary N) is 1. The minimum absolute atomic E-state index is 0.0879. The molecular weight excluding hydrogens is 315 g/mol. The molecule has 0 fully saturated rings. The van der Waals surface area contributed by atoms with Gasteiger partial charge < -0.3 is 14.5 Å². The van der Waals surface area contributed by atoms with Crippen molar-refractivity contribution in [3.05, 3.63) is 58.1 Å². The zero-order valence-corrected chi connectivity index (χ0v) is 11.9. The van der Waals surface area contributed by atoms with E-state index in [4.69, 9.17) is 9.15 Å². The number of carbonyl (C=O) groups is 1. The summed E-state index contributed by atoms with van der Waals surface area (Å²) in [6.07, 6.45) is -3.24. The quantitative estimate of drug-likeness (QED) is 0.937. The number of rotatable bonds is 4. The molecule has 0 atom stereocenters. The number of anilines is 1. The van der Waals surface area contributed by atoms with Crippen LogP contribution in [0.4, 0.5) is 18.9 Å².